The minimum absolute atomic E-state index is 0.350. The number of amides is 1. The molecular weight excluding hydrogens is 234 g/mol. The largest absolute Gasteiger partial charge is 0.289 e. The van der Waals surface area contributed by atoms with E-state index in [0.29, 0.717) is 0 Å². The second-order valence-electron chi connectivity index (χ2n) is 3.83. The highest BCUT2D eigenvalue weighted by Crippen LogP contribution is 2.24. The highest BCUT2D eigenvalue weighted by Gasteiger charge is 2.13. The summed E-state index contributed by atoms with van der Waals surface area (Å²) in [6, 6.07) is 9.85. The highest BCUT2D eigenvalue weighted by molar-refractivity contribution is 7.08. The average molecular weight is 247 g/mol. The zero-order valence-corrected chi connectivity index (χ0v) is 10.2. The Morgan fingerprint density at radius 3 is 2.47 bits per heavy atom. The molecule has 1 atom stereocenters. The van der Waals surface area contributed by atoms with Crippen molar-refractivity contribution in [3.8, 4) is 11.1 Å². The smallest absolute Gasteiger partial charge is 0.250 e. The summed E-state index contributed by atoms with van der Waals surface area (Å²) in [5.74, 6) is -0.746. The van der Waals surface area contributed by atoms with Crippen LogP contribution in [0.1, 0.15) is 18.4 Å². The Kier molecular flexibility index (Phi) is 3.56. The second kappa shape index (κ2) is 5.12. The van der Waals surface area contributed by atoms with Gasteiger partial charge < -0.3 is 0 Å². The molecule has 17 heavy (non-hydrogen) atoms. The van der Waals surface area contributed by atoms with Gasteiger partial charge in [0.2, 0.25) is 0 Å². The van der Waals surface area contributed by atoms with Crippen molar-refractivity contribution in [2.75, 3.05) is 0 Å². The van der Waals surface area contributed by atoms with E-state index >= 15 is 0 Å². The van der Waals surface area contributed by atoms with E-state index in [4.69, 9.17) is 5.21 Å². The van der Waals surface area contributed by atoms with Crippen LogP contribution in [0, 0.1) is 0 Å². The van der Waals surface area contributed by atoms with Gasteiger partial charge in [0.15, 0.2) is 0 Å². The summed E-state index contributed by atoms with van der Waals surface area (Å²) < 4.78 is 0. The van der Waals surface area contributed by atoms with Crippen molar-refractivity contribution in [1.29, 1.82) is 0 Å². The van der Waals surface area contributed by atoms with Crippen LogP contribution in [0.5, 0.6) is 0 Å². The molecule has 0 aliphatic rings. The van der Waals surface area contributed by atoms with Crippen molar-refractivity contribution >= 4 is 17.2 Å². The fourth-order valence-corrected chi connectivity index (χ4v) is 2.31. The van der Waals surface area contributed by atoms with Gasteiger partial charge in [-0.15, -0.1) is 0 Å². The normalized spacial score (nSPS) is 12.1. The van der Waals surface area contributed by atoms with Crippen molar-refractivity contribution in [2.45, 2.75) is 12.8 Å². The molecule has 0 bridgehead atoms. The van der Waals surface area contributed by atoms with Gasteiger partial charge in [0.25, 0.3) is 5.91 Å². The minimum Gasteiger partial charge on any atom is -0.289 e. The quantitative estimate of drug-likeness (QED) is 0.647. The molecule has 0 saturated carbocycles. The lowest BCUT2D eigenvalue weighted by Gasteiger charge is -2.09. The van der Waals surface area contributed by atoms with E-state index in [1.807, 2.05) is 29.6 Å². The van der Waals surface area contributed by atoms with Gasteiger partial charge in [-0.3, -0.25) is 10.0 Å². The van der Waals surface area contributed by atoms with Crippen LogP contribution in [0.3, 0.4) is 0 Å². The first-order valence-electron chi connectivity index (χ1n) is 5.29. The zero-order valence-electron chi connectivity index (χ0n) is 9.38. The van der Waals surface area contributed by atoms with Crippen LogP contribution in [0.4, 0.5) is 0 Å². The lowest BCUT2D eigenvalue weighted by Crippen LogP contribution is -2.24. The first-order valence-corrected chi connectivity index (χ1v) is 6.23. The van der Waals surface area contributed by atoms with Crippen LogP contribution >= 0.6 is 11.3 Å². The number of hydrogen-bond acceptors (Lipinski definition) is 3. The standard InChI is InChI=1S/C13H13NO2S/c1-9(13(15)14-16)10-2-4-11(5-3-10)12-6-7-17-8-12/h2-9,16H,1H3,(H,14,15). The number of benzene rings is 1. The van der Waals surface area contributed by atoms with Crippen molar-refractivity contribution in [2.24, 2.45) is 0 Å². The molecule has 2 N–H and O–H groups in total. The molecular formula is C13H13NO2S. The maximum Gasteiger partial charge on any atom is 0.250 e. The summed E-state index contributed by atoms with van der Waals surface area (Å²) in [6.45, 7) is 1.76. The van der Waals surface area contributed by atoms with E-state index < -0.39 is 5.91 Å². The Morgan fingerprint density at radius 1 is 1.24 bits per heavy atom. The third-order valence-electron chi connectivity index (χ3n) is 2.77. The molecule has 0 fully saturated rings. The van der Waals surface area contributed by atoms with E-state index in [9.17, 15) is 4.79 Å². The summed E-state index contributed by atoms with van der Waals surface area (Å²) in [4.78, 5) is 11.3. The van der Waals surface area contributed by atoms with Crippen molar-refractivity contribution in [3.63, 3.8) is 0 Å². The van der Waals surface area contributed by atoms with E-state index in [1.165, 1.54) is 5.56 Å². The Balaban J connectivity index is 2.21. The number of rotatable bonds is 3. The fraction of sp³-hybridized carbons (Fsp3) is 0.154. The molecule has 88 valence electrons. The number of nitrogens with one attached hydrogen (secondary N) is 1. The molecule has 0 aliphatic carbocycles. The van der Waals surface area contributed by atoms with Gasteiger partial charge in [0.1, 0.15) is 0 Å². The van der Waals surface area contributed by atoms with Gasteiger partial charge in [-0.2, -0.15) is 11.3 Å². The van der Waals surface area contributed by atoms with Crippen molar-refractivity contribution in [3.05, 3.63) is 46.7 Å². The van der Waals surface area contributed by atoms with Crippen LogP contribution in [-0.2, 0) is 4.79 Å². The summed E-state index contributed by atoms with van der Waals surface area (Å²) in [6.07, 6.45) is 0. The van der Waals surface area contributed by atoms with Gasteiger partial charge in [0, 0.05) is 0 Å². The minimum atomic E-state index is -0.395. The van der Waals surface area contributed by atoms with Crippen LogP contribution in [-0.4, -0.2) is 11.1 Å². The summed E-state index contributed by atoms with van der Waals surface area (Å²) >= 11 is 1.66. The summed E-state index contributed by atoms with van der Waals surface area (Å²) in [7, 11) is 0. The lowest BCUT2D eigenvalue weighted by molar-refractivity contribution is -0.130. The lowest BCUT2D eigenvalue weighted by atomic mass is 9.98. The molecule has 2 rings (SSSR count). The van der Waals surface area contributed by atoms with Gasteiger partial charge >= 0.3 is 0 Å². The Bertz CT molecular complexity index is 491. The SMILES string of the molecule is CC(C(=O)NO)c1ccc(-c2ccsc2)cc1. The van der Waals surface area contributed by atoms with Crippen LogP contribution in [0.25, 0.3) is 11.1 Å². The predicted molar refractivity (Wildman–Crippen MR) is 68.1 cm³/mol. The molecule has 1 aromatic carbocycles. The van der Waals surface area contributed by atoms with Gasteiger partial charge in [-0.25, -0.2) is 5.48 Å². The number of hydrogen-bond donors (Lipinski definition) is 2. The molecule has 1 heterocycles. The van der Waals surface area contributed by atoms with Crippen molar-refractivity contribution < 1.29 is 10.0 Å². The number of carbonyl (C=O) groups is 1. The van der Waals surface area contributed by atoms with E-state index in [-0.39, 0.29) is 5.92 Å². The average Bonchev–Trinajstić information content (AvgIpc) is 2.91. The Hall–Kier alpha value is -1.65. The topological polar surface area (TPSA) is 49.3 Å². The van der Waals surface area contributed by atoms with E-state index in [1.54, 1.807) is 23.7 Å². The zero-order chi connectivity index (χ0) is 12.3. The van der Waals surface area contributed by atoms with Crippen LogP contribution in [0.15, 0.2) is 41.1 Å². The van der Waals surface area contributed by atoms with Gasteiger partial charge in [-0.05, 0) is 40.4 Å². The Morgan fingerprint density at radius 2 is 1.94 bits per heavy atom. The van der Waals surface area contributed by atoms with E-state index in [2.05, 4.69) is 11.4 Å². The first-order chi connectivity index (χ1) is 8.22. The molecule has 1 amide bonds. The van der Waals surface area contributed by atoms with E-state index in [0.717, 1.165) is 11.1 Å². The summed E-state index contributed by atoms with van der Waals surface area (Å²) in [5, 5.41) is 12.7. The van der Waals surface area contributed by atoms with Crippen LogP contribution < -0.4 is 5.48 Å². The maximum atomic E-state index is 11.3. The molecule has 0 radical (unpaired) electrons. The molecule has 3 nitrogen and oxygen atoms in total. The monoisotopic (exact) mass is 247 g/mol. The number of thiophene rings is 1. The number of carbonyl (C=O) groups excluding carboxylic acids is 1. The van der Waals surface area contributed by atoms with Crippen LogP contribution in [0.2, 0.25) is 0 Å². The highest BCUT2D eigenvalue weighted by atomic mass is 32.1. The maximum absolute atomic E-state index is 11.3. The molecule has 2 aromatic rings. The predicted octanol–water partition coefficient (Wildman–Crippen LogP) is 3.02. The third-order valence-corrected chi connectivity index (χ3v) is 3.45. The van der Waals surface area contributed by atoms with Crippen molar-refractivity contribution in [1.82, 2.24) is 5.48 Å². The van der Waals surface area contributed by atoms with Gasteiger partial charge in [0.05, 0.1) is 5.92 Å². The molecule has 1 aromatic heterocycles. The second-order valence-corrected chi connectivity index (χ2v) is 4.61. The Labute approximate surface area is 104 Å². The summed E-state index contributed by atoms with van der Waals surface area (Å²) in [5.41, 5.74) is 4.87. The number of hydroxylamine groups is 1. The molecule has 4 heteroatoms. The molecule has 0 saturated heterocycles. The molecule has 0 aliphatic heterocycles. The van der Waals surface area contributed by atoms with Gasteiger partial charge in [-0.1, -0.05) is 24.3 Å². The third kappa shape index (κ3) is 2.54. The fourth-order valence-electron chi connectivity index (χ4n) is 1.64. The first kappa shape index (κ1) is 11.8. The molecule has 1 unspecified atom stereocenters. The molecule has 0 spiro atoms.